The van der Waals surface area contributed by atoms with E-state index in [4.69, 9.17) is 4.74 Å². The molecule has 4 rings (SSSR count). The fourth-order valence-corrected chi connectivity index (χ4v) is 3.11. The first-order chi connectivity index (χ1) is 17.4. The lowest BCUT2D eigenvalue weighted by molar-refractivity contribution is -0.385. The van der Waals surface area contributed by atoms with Gasteiger partial charge in [-0.1, -0.05) is 30.3 Å². The van der Waals surface area contributed by atoms with E-state index < -0.39 is 27.1 Å². The summed E-state index contributed by atoms with van der Waals surface area (Å²) in [6.07, 6.45) is 1.06. The van der Waals surface area contributed by atoms with Gasteiger partial charge in [-0.3, -0.25) is 35.9 Å². The number of anilines is 3. The van der Waals surface area contributed by atoms with Gasteiger partial charge in [0.25, 0.3) is 11.6 Å². The molecule has 0 aliphatic rings. The lowest BCUT2D eigenvalue weighted by Crippen LogP contribution is -2.30. The van der Waals surface area contributed by atoms with Gasteiger partial charge >= 0.3 is 5.69 Å². The molecular formula is C23H17N7O6. The van der Waals surface area contributed by atoms with Crippen molar-refractivity contribution in [2.75, 3.05) is 10.7 Å². The number of rotatable bonds is 9. The first kappa shape index (κ1) is 23.6. The van der Waals surface area contributed by atoms with Gasteiger partial charge in [-0.15, -0.1) is 0 Å². The van der Waals surface area contributed by atoms with Gasteiger partial charge < -0.3 is 10.1 Å². The smallest absolute Gasteiger partial charge is 0.355 e. The Morgan fingerprint density at radius 2 is 1.42 bits per heavy atom. The highest BCUT2D eigenvalue weighted by Gasteiger charge is 2.25. The number of carbonyl (C=O) groups excluding carboxylic acids is 1. The number of hydrogen-bond acceptors (Lipinski definition) is 10. The summed E-state index contributed by atoms with van der Waals surface area (Å²) in [5.74, 6) is -0.131. The number of nitro benzene ring substituents is 1. The molecule has 4 aromatic rings. The topological polar surface area (TPSA) is 174 Å². The van der Waals surface area contributed by atoms with Crippen molar-refractivity contribution < 1.29 is 19.4 Å². The second-order valence-electron chi connectivity index (χ2n) is 7.09. The summed E-state index contributed by atoms with van der Waals surface area (Å²) >= 11 is 0. The molecular weight excluding hydrogens is 470 g/mol. The zero-order chi connectivity index (χ0) is 25.5. The highest BCUT2D eigenvalue weighted by Crippen LogP contribution is 2.32. The third-order valence-electron chi connectivity index (χ3n) is 4.74. The summed E-state index contributed by atoms with van der Waals surface area (Å²) in [4.78, 5) is 41.7. The van der Waals surface area contributed by atoms with Crippen LogP contribution < -0.4 is 20.9 Å². The molecule has 0 bridgehead atoms. The van der Waals surface area contributed by atoms with E-state index >= 15 is 0 Å². The van der Waals surface area contributed by atoms with Crippen molar-refractivity contribution in [1.82, 2.24) is 15.4 Å². The van der Waals surface area contributed by atoms with Crippen molar-refractivity contribution in [3.05, 3.63) is 111 Å². The molecule has 0 spiro atoms. The van der Waals surface area contributed by atoms with E-state index in [-0.39, 0.29) is 17.2 Å². The van der Waals surface area contributed by atoms with Gasteiger partial charge in [0.05, 0.1) is 9.85 Å². The summed E-state index contributed by atoms with van der Waals surface area (Å²) < 4.78 is 5.72. The number of hydrazine groups is 1. The van der Waals surface area contributed by atoms with E-state index in [1.54, 1.807) is 36.4 Å². The quantitative estimate of drug-likeness (QED) is 0.224. The largest absolute Gasteiger partial charge is 0.457 e. The van der Waals surface area contributed by atoms with Gasteiger partial charge in [-0.2, -0.15) is 0 Å². The van der Waals surface area contributed by atoms with Crippen molar-refractivity contribution in [2.45, 2.75) is 0 Å². The highest BCUT2D eigenvalue weighted by molar-refractivity contribution is 5.98. The summed E-state index contributed by atoms with van der Waals surface area (Å²) in [5.41, 5.74) is 3.82. The molecule has 0 saturated heterocycles. The summed E-state index contributed by atoms with van der Waals surface area (Å²) in [5, 5.41) is 25.8. The lowest BCUT2D eigenvalue weighted by atomic mass is 10.2. The number of benzene rings is 3. The van der Waals surface area contributed by atoms with Crippen LogP contribution in [0.2, 0.25) is 0 Å². The fraction of sp³-hybridized carbons (Fsp3) is 0. The van der Waals surface area contributed by atoms with Crippen molar-refractivity contribution in [1.29, 1.82) is 0 Å². The van der Waals surface area contributed by atoms with Crippen molar-refractivity contribution >= 4 is 34.6 Å². The Bertz CT molecular complexity index is 1410. The zero-order valence-corrected chi connectivity index (χ0v) is 18.3. The maximum atomic E-state index is 12.4. The van der Waals surface area contributed by atoms with Crippen molar-refractivity contribution in [3.63, 3.8) is 0 Å². The Labute approximate surface area is 203 Å². The molecule has 0 unspecified atom stereocenters. The van der Waals surface area contributed by atoms with Crippen LogP contribution in [-0.2, 0) is 0 Å². The molecule has 0 radical (unpaired) electrons. The summed E-state index contributed by atoms with van der Waals surface area (Å²) in [6.45, 7) is 0. The van der Waals surface area contributed by atoms with Gasteiger partial charge in [0.2, 0.25) is 11.6 Å². The highest BCUT2D eigenvalue weighted by atomic mass is 16.6. The number of amides is 1. The predicted octanol–water partition coefficient (Wildman–Crippen LogP) is 4.59. The van der Waals surface area contributed by atoms with Gasteiger partial charge in [0.15, 0.2) is 0 Å². The van der Waals surface area contributed by atoms with Crippen LogP contribution in [0.4, 0.5) is 28.7 Å². The number of aromatic nitrogens is 2. The molecule has 3 aromatic carbocycles. The van der Waals surface area contributed by atoms with Crippen LogP contribution in [0.25, 0.3) is 0 Å². The van der Waals surface area contributed by atoms with E-state index in [1.165, 1.54) is 24.3 Å². The molecule has 0 fully saturated rings. The minimum Gasteiger partial charge on any atom is -0.457 e. The Morgan fingerprint density at radius 1 is 0.778 bits per heavy atom. The molecule has 1 heterocycles. The first-order valence-electron chi connectivity index (χ1n) is 10.3. The molecule has 1 amide bonds. The SMILES string of the molecule is O=C(NNc1ncnc(Nc2ccc(Oc3ccccc3)cc2)c1[N+](=O)[O-])c1ccccc1[N+](=O)[O-]. The first-order valence-corrected chi connectivity index (χ1v) is 10.3. The summed E-state index contributed by atoms with van der Waals surface area (Å²) in [6, 6.07) is 21.1. The maximum Gasteiger partial charge on any atom is 0.355 e. The zero-order valence-electron chi connectivity index (χ0n) is 18.3. The van der Waals surface area contributed by atoms with Gasteiger partial charge in [0.1, 0.15) is 23.4 Å². The lowest BCUT2D eigenvalue weighted by Gasteiger charge is -2.11. The minimum atomic E-state index is -0.876. The Kier molecular flexibility index (Phi) is 6.91. The van der Waals surface area contributed by atoms with E-state index in [0.29, 0.717) is 17.2 Å². The second kappa shape index (κ2) is 10.6. The van der Waals surface area contributed by atoms with Crippen LogP contribution in [0.3, 0.4) is 0 Å². The average molecular weight is 487 g/mol. The van der Waals surface area contributed by atoms with Crippen LogP contribution in [0.5, 0.6) is 11.5 Å². The Morgan fingerprint density at radius 3 is 2.11 bits per heavy atom. The van der Waals surface area contributed by atoms with Gasteiger partial charge in [-0.25, -0.2) is 9.97 Å². The number of ether oxygens (including phenoxy) is 1. The number of nitro groups is 2. The second-order valence-corrected chi connectivity index (χ2v) is 7.09. The van der Waals surface area contributed by atoms with Crippen LogP contribution >= 0.6 is 0 Å². The van der Waals surface area contributed by atoms with Crippen molar-refractivity contribution in [3.8, 4) is 11.5 Å². The third kappa shape index (κ3) is 5.48. The van der Waals surface area contributed by atoms with Gasteiger partial charge in [0, 0.05) is 11.8 Å². The van der Waals surface area contributed by atoms with Gasteiger partial charge in [-0.05, 0) is 42.5 Å². The van der Waals surface area contributed by atoms with Crippen molar-refractivity contribution in [2.24, 2.45) is 0 Å². The molecule has 13 nitrogen and oxygen atoms in total. The van der Waals surface area contributed by atoms with E-state index in [9.17, 15) is 25.0 Å². The normalized spacial score (nSPS) is 10.2. The number of para-hydroxylation sites is 2. The standard InChI is InChI=1S/C23H17N7O6/c31-23(18-8-4-5-9-19(18)29(32)33)28-27-22-20(30(34)35)21(24-14-25-22)26-15-10-12-17(13-11-15)36-16-6-2-1-3-7-16/h1-14H,(H,28,31)(H2,24,25,26,27). The molecule has 0 saturated carbocycles. The van der Waals surface area contributed by atoms with Crippen LogP contribution in [-0.4, -0.2) is 25.7 Å². The number of carbonyl (C=O) groups is 1. The summed E-state index contributed by atoms with van der Waals surface area (Å²) in [7, 11) is 0. The number of nitrogens with zero attached hydrogens (tertiary/aromatic N) is 4. The van der Waals surface area contributed by atoms with Crippen LogP contribution in [0.1, 0.15) is 10.4 Å². The third-order valence-corrected chi connectivity index (χ3v) is 4.74. The predicted molar refractivity (Wildman–Crippen MR) is 129 cm³/mol. The molecule has 180 valence electrons. The average Bonchev–Trinajstić information content (AvgIpc) is 2.89. The number of nitrogens with one attached hydrogen (secondary N) is 3. The number of hydrogen-bond donors (Lipinski definition) is 3. The monoisotopic (exact) mass is 487 g/mol. The molecule has 0 aliphatic heterocycles. The van der Waals surface area contributed by atoms with Crippen LogP contribution in [0.15, 0.2) is 85.2 Å². The Balaban J connectivity index is 1.50. The molecule has 36 heavy (non-hydrogen) atoms. The van der Waals surface area contributed by atoms with Crippen LogP contribution in [0, 0.1) is 20.2 Å². The molecule has 0 aliphatic carbocycles. The Hall–Kier alpha value is -5.59. The van der Waals surface area contributed by atoms with E-state index in [1.807, 2.05) is 18.2 Å². The molecule has 1 aromatic heterocycles. The fourth-order valence-electron chi connectivity index (χ4n) is 3.11. The molecule has 13 heteroatoms. The van der Waals surface area contributed by atoms with E-state index in [0.717, 1.165) is 6.33 Å². The minimum absolute atomic E-state index is 0.144. The van der Waals surface area contributed by atoms with E-state index in [2.05, 4.69) is 26.1 Å². The molecule has 0 atom stereocenters. The molecule has 3 N–H and O–H groups in total. The maximum absolute atomic E-state index is 12.4.